The van der Waals surface area contributed by atoms with Crippen LogP contribution in [0.1, 0.15) is 10.4 Å². The van der Waals surface area contributed by atoms with Crippen molar-refractivity contribution in [2.24, 2.45) is 0 Å². The summed E-state index contributed by atoms with van der Waals surface area (Å²) in [5.74, 6) is -0.638. The molecular weight excluding hydrogens is 298 g/mol. The molecule has 0 fully saturated rings. The molecule has 5 heteroatoms. The van der Waals surface area contributed by atoms with Gasteiger partial charge in [-0.2, -0.15) is 0 Å². The number of phenols is 2. The van der Waals surface area contributed by atoms with Crippen LogP contribution in [0.15, 0.2) is 46.9 Å². The maximum atomic E-state index is 11.9. The number of para-hydroxylation sites is 2. The summed E-state index contributed by atoms with van der Waals surface area (Å²) in [6, 6.07) is 11.0. The molecule has 92 valence electrons. The second-order valence-corrected chi connectivity index (χ2v) is 4.55. The Kier molecular flexibility index (Phi) is 3.53. The van der Waals surface area contributed by atoms with Crippen LogP contribution in [0.5, 0.6) is 11.5 Å². The lowest BCUT2D eigenvalue weighted by Crippen LogP contribution is -2.12. The van der Waals surface area contributed by atoms with E-state index in [2.05, 4.69) is 21.2 Å². The molecule has 0 aromatic heterocycles. The van der Waals surface area contributed by atoms with Gasteiger partial charge >= 0.3 is 0 Å². The minimum Gasteiger partial charge on any atom is -0.507 e. The topological polar surface area (TPSA) is 69.6 Å². The normalized spacial score (nSPS) is 10.1. The molecule has 0 aliphatic carbocycles. The number of hydrogen-bond acceptors (Lipinski definition) is 3. The number of benzene rings is 2. The molecule has 0 radical (unpaired) electrons. The summed E-state index contributed by atoms with van der Waals surface area (Å²) in [7, 11) is 0. The molecule has 0 aliphatic rings. The van der Waals surface area contributed by atoms with Gasteiger partial charge in [-0.15, -0.1) is 0 Å². The van der Waals surface area contributed by atoms with Gasteiger partial charge in [-0.1, -0.05) is 28.1 Å². The van der Waals surface area contributed by atoms with Crippen molar-refractivity contribution in [3.63, 3.8) is 0 Å². The number of aromatic hydroxyl groups is 2. The van der Waals surface area contributed by atoms with E-state index in [0.717, 1.165) is 0 Å². The molecule has 2 aromatic rings. The minimum absolute atomic E-state index is 0.0255. The largest absolute Gasteiger partial charge is 0.507 e. The predicted molar refractivity (Wildman–Crippen MR) is 71.9 cm³/mol. The lowest BCUT2D eigenvalue weighted by Gasteiger charge is -2.08. The second kappa shape index (κ2) is 5.10. The quantitative estimate of drug-likeness (QED) is 0.747. The summed E-state index contributed by atoms with van der Waals surface area (Å²) in [6.45, 7) is 0. The van der Waals surface area contributed by atoms with Gasteiger partial charge in [-0.25, -0.2) is 0 Å². The summed E-state index contributed by atoms with van der Waals surface area (Å²) in [4.78, 5) is 11.9. The van der Waals surface area contributed by atoms with Gasteiger partial charge in [0.1, 0.15) is 11.5 Å². The Labute approximate surface area is 112 Å². The van der Waals surface area contributed by atoms with Crippen LogP contribution in [0.4, 0.5) is 5.69 Å². The molecule has 0 spiro atoms. The molecule has 1 amide bonds. The number of halogens is 1. The van der Waals surface area contributed by atoms with Gasteiger partial charge in [0.2, 0.25) is 0 Å². The third kappa shape index (κ3) is 2.62. The van der Waals surface area contributed by atoms with Crippen molar-refractivity contribution in [2.45, 2.75) is 0 Å². The van der Waals surface area contributed by atoms with E-state index in [9.17, 15) is 15.0 Å². The maximum absolute atomic E-state index is 11.9. The van der Waals surface area contributed by atoms with Crippen LogP contribution in [0.25, 0.3) is 0 Å². The first kappa shape index (κ1) is 12.4. The van der Waals surface area contributed by atoms with Crippen molar-refractivity contribution in [1.29, 1.82) is 0 Å². The van der Waals surface area contributed by atoms with Gasteiger partial charge in [-0.3, -0.25) is 4.79 Å². The van der Waals surface area contributed by atoms with Crippen LogP contribution in [0.2, 0.25) is 0 Å². The Hall–Kier alpha value is -2.01. The average molecular weight is 308 g/mol. The Morgan fingerprint density at radius 1 is 1.06 bits per heavy atom. The van der Waals surface area contributed by atoms with Crippen LogP contribution in [-0.4, -0.2) is 16.1 Å². The van der Waals surface area contributed by atoms with Crippen LogP contribution < -0.4 is 5.32 Å². The van der Waals surface area contributed by atoms with E-state index < -0.39 is 5.91 Å². The number of amides is 1. The molecule has 0 unspecified atom stereocenters. The summed E-state index contributed by atoms with van der Waals surface area (Å²) < 4.78 is 0.680. The summed E-state index contributed by atoms with van der Waals surface area (Å²) in [6.07, 6.45) is 0. The van der Waals surface area contributed by atoms with Gasteiger partial charge in [-0.05, 0) is 30.3 Å². The molecule has 2 rings (SSSR count). The van der Waals surface area contributed by atoms with E-state index in [1.165, 1.54) is 18.2 Å². The zero-order chi connectivity index (χ0) is 13.1. The highest BCUT2D eigenvalue weighted by atomic mass is 79.9. The predicted octanol–water partition coefficient (Wildman–Crippen LogP) is 3.11. The van der Waals surface area contributed by atoms with E-state index in [4.69, 9.17) is 0 Å². The Bertz CT molecular complexity index is 599. The van der Waals surface area contributed by atoms with Gasteiger partial charge in [0, 0.05) is 4.47 Å². The number of carbonyl (C=O) groups is 1. The fraction of sp³-hybridized carbons (Fsp3) is 0. The first-order chi connectivity index (χ1) is 8.58. The smallest absolute Gasteiger partial charge is 0.259 e. The van der Waals surface area contributed by atoms with Gasteiger partial charge in [0.05, 0.1) is 11.3 Å². The Morgan fingerprint density at radius 2 is 1.78 bits per heavy atom. The monoisotopic (exact) mass is 307 g/mol. The van der Waals surface area contributed by atoms with E-state index in [1.54, 1.807) is 24.3 Å². The zero-order valence-electron chi connectivity index (χ0n) is 9.22. The highest BCUT2D eigenvalue weighted by Crippen LogP contribution is 2.26. The highest BCUT2D eigenvalue weighted by Gasteiger charge is 2.12. The van der Waals surface area contributed by atoms with Gasteiger partial charge in [0.15, 0.2) is 0 Å². The molecular formula is C13H10BrNO3. The summed E-state index contributed by atoms with van der Waals surface area (Å²) in [5.41, 5.74) is 0.436. The number of rotatable bonds is 2. The molecule has 0 saturated heterocycles. The van der Waals surface area contributed by atoms with Crippen molar-refractivity contribution in [2.75, 3.05) is 5.32 Å². The van der Waals surface area contributed by atoms with Crippen molar-refractivity contribution in [3.8, 4) is 11.5 Å². The molecule has 0 saturated carbocycles. The van der Waals surface area contributed by atoms with Crippen LogP contribution >= 0.6 is 15.9 Å². The Balaban J connectivity index is 2.25. The second-order valence-electron chi connectivity index (χ2n) is 3.63. The van der Waals surface area contributed by atoms with Crippen LogP contribution in [-0.2, 0) is 0 Å². The highest BCUT2D eigenvalue weighted by molar-refractivity contribution is 9.10. The molecule has 0 aliphatic heterocycles. The fourth-order valence-electron chi connectivity index (χ4n) is 1.47. The molecule has 0 atom stereocenters. The number of carbonyl (C=O) groups excluding carboxylic acids is 1. The molecule has 0 bridgehead atoms. The number of hydrogen-bond donors (Lipinski definition) is 3. The number of phenolic OH excluding ortho intramolecular Hbond substituents is 2. The molecule has 4 nitrogen and oxygen atoms in total. The summed E-state index contributed by atoms with van der Waals surface area (Å²) >= 11 is 3.19. The fourth-order valence-corrected chi connectivity index (χ4v) is 1.81. The van der Waals surface area contributed by atoms with Crippen LogP contribution in [0.3, 0.4) is 0 Å². The number of anilines is 1. The van der Waals surface area contributed by atoms with Crippen molar-refractivity contribution < 1.29 is 15.0 Å². The molecule has 18 heavy (non-hydrogen) atoms. The summed E-state index contributed by atoms with van der Waals surface area (Å²) in [5, 5.41) is 21.7. The number of nitrogens with one attached hydrogen (secondary N) is 1. The minimum atomic E-state index is -0.485. The zero-order valence-corrected chi connectivity index (χ0v) is 10.8. The average Bonchev–Trinajstić information content (AvgIpc) is 2.32. The third-order valence-corrected chi connectivity index (χ3v) is 2.85. The van der Waals surface area contributed by atoms with E-state index in [0.29, 0.717) is 10.2 Å². The molecule has 2 aromatic carbocycles. The van der Waals surface area contributed by atoms with Crippen LogP contribution in [0, 0.1) is 0 Å². The van der Waals surface area contributed by atoms with E-state index in [-0.39, 0.29) is 17.1 Å². The van der Waals surface area contributed by atoms with Crippen molar-refractivity contribution in [3.05, 3.63) is 52.5 Å². The van der Waals surface area contributed by atoms with Crippen molar-refractivity contribution in [1.82, 2.24) is 0 Å². The standard InChI is InChI=1S/C13H10BrNO3/c14-8-5-6-9(12(17)7-8)13(18)15-10-3-1-2-4-11(10)16/h1-7,16-17H,(H,15,18). The first-order valence-electron chi connectivity index (χ1n) is 5.16. The lowest BCUT2D eigenvalue weighted by molar-refractivity contribution is 0.102. The van der Waals surface area contributed by atoms with Gasteiger partial charge < -0.3 is 15.5 Å². The lowest BCUT2D eigenvalue weighted by atomic mass is 10.2. The van der Waals surface area contributed by atoms with E-state index >= 15 is 0 Å². The molecule has 3 N–H and O–H groups in total. The van der Waals surface area contributed by atoms with Gasteiger partial charge in [0.25, 0.3) is 5.91 Å². The maximum Gasteiger partial charge on any atom is 0.259 e. The Morgan fingerprint density at radius 3 is 2.44 bits per heavy atom. The van der Waals surface area contributed by atoms with E-state index in [1.807, 2.05) is 0 Å². The third-order valence-electron chi connectivity index (χ3n) is 2.36. The first-order valence-corrected chi connectivity index (χ1v) is 5.95. The SMILES string of the molecule is O=C(Nc1ccccc1O)c1ccc(Br)cc1O. The molecule has 0 heterocycles. The van der Waals surface area contributed by atoms with Crippen molar-refractivity contribution >= 4 is 27.5 Å².